The van der Waals surface area contributed by atoms with Crippen molar-refractivity contribution in [3.8, 4) is 0 Å². The molecule has 0 amide bonds. The number of carbonyl (C=O) groups excluding carboxylic acids is 3. The molecule has 97 heavy (non-hydrogen) atoms. The van der Waals surface area contributed by atoms with Crippen molar-refractivity contribution in [2.24, 2.45) is 0 Å². The molecule has 0 aromatic rings. The van der Waals surface area contributed by atoms with Gasteiger partial charge in [0.1, 0.15) is 25.4 Å². The molecular formula is C79H128O16P2. The molecule has 0 saturated carbocycles. The number of hydrogen-bond acceptors (Lipinski definition) is 14. The first-order valence-electron chi connectivity index (χ1n) is 36.4. The SMILES string of the molecule is CC/C=C\C/C=C\C/C=C\C/C=C\C/C=C\C/C=C\CCCCCCC(=O)OCC(O)COP(=O)(O)OCC(O)COP(=O)(O)OCC(COC(=O)CCCCCCC/C=C\C/C=C\C/C=C\C/C=C\CCCCC)OC(=O)CCCCCC/C=C\C/C=C\C/C=C\C/C=C\CC. The third-order valence-electron chi connectivity index (χ3n) is 14.4. The van der Waals surface area contributed by atoms with Gasteiger partial charge < -0.3 is 34.2 Å². The summed E-state index contributed by atoms with van der Waals surface area (Å²) < 4.78 is 61.0. The van der Waals surface area contributed by atoms with Crippen LogP contribution in [0.1, 0.15) is 252 Å². The Morgan fingerprint density at radius 2 is 0.546 bits per heavy atom. The number of unbranched alkanes of at least 4 members (excludes halogenated alkanes) is 16. The Bertz CT molecular complexity index is 2440. The molecule has 0 saturated heterocycles. The second-order valence-corrected chi connectivity index (χ2v) is 26.5. The lowest BCUT2D eigenvalue weighted by Crippen LogP contribution is -2.30. The lowest BCUT2D eigenvalue weighted by Gasteiger charge is -2.21. The summed E-state index contributed by atoms with van der Waals surface area (Å²) in [5.41, 5.74) is 0. The normalized spacial score (nSPS) is 15.1. The van der Waals surface area contributed by atoms with Crippen molar-refractivity contribution in [2.45, 2.75) is 270 Å². The van der Waals surface area contributed by atoms with Crippen LogP contribution in [0.5, 0.6) is 0 Å². The zero-order valence-corrected chi connectivity index (χ0v) is 61.5. The van der Waals surface area contributed by atoms with E-state index in [1.807, 2.05) is 0 Å². The number of rotatable bonds is 67. The van der Waals surface area contributed by atoms with Gasteiger partial charge >= 0.3 is 33.6 Å². The lowest BCUT2D eigenvalue weighted by atomic mass is 10.1. The van der Waals surface area contributed by atoms with Crippen molar-refractivity contribution >= 4 is 33.6 Å². The van der Waals surface area contributed by atoms with Gasteiger partial charge in [0.15, 0.2) is 6.10 Å². The number of aliphatic hydroxyl groups excluding tert-OH is 2. The van der Waals surface area contributed by atoms with Gasteiger partial charge in [-0.2, -0.15) is 0 Å². The first-order chi connectivity index (χ1) is 47.2. The van der Waals surface area contributed by atoms with Gasteiger partial charge in [0, 0.05) is 19.3 Å². The van der Waals surface area contributed by atoms with E-state index >= 15 is 0 Å². The summed E-state index contributed by atoms with van der Waals surface area (Å²) in [5, 5.41) is 20.6. The van der Waals surface area contributed by atoms with Crippen molar-refractivity contribution < 1.29 is 75.8 Å². The van der Waals surface area contributed by atoms with Crippen molar-refractivity contribution in [3.05, 3.63) is 170 Å². The van der Waals surface area contributed by atoms with Crippen LogP contribution in [0.15, 0.2) is 170 Å². The fourth-order valence-electron chi connectivity index (χ4n) is 8.90. The molecule has 0 aliphatic rings. The zero-order valence-electron chi connectivity index (χ0n) is 59.7. The Morgan fingerprint density at radius 3 is 0.866 bits per heavy atom. The van der Waals surface area contributed by atoms with Crippen LogP contribution in [-0.2, 0) is 55.8 Å². The minimum atomic E-state index is -4.95. The number of phosphoric acid groups is 2. The Hall–Kier alpha value is -5.09. The molecule has 0 bridgehead atoms. The highest BCUT2D eigenvalue weighted by atomic mass is 31.2. The molecule has 550 valence electrons. The topological polar surface area (TPSA) is 231 Å². The predicted octanol–water partition coefficient (Wildman–Crippen LogP) is 20.9. The van der Waals surface area contributed by atoms with Crippen molar-refractivity contribution in [2.75, 3.05) is 39.6 Å². The summed E-state index contributed by atoms with van der Waals surface area (Å²) >= 11 is 0. The van der Waals surface area contributed by atoms with Gasteiger partial charge in [-0.3, -0.25) is 32.5 Å². The van der Waals surface area contributed by atoms with E-state index in [2.05, 4.69) is 191 Å². The molecule has 0 aromatic carbocycles. The van der Waals surface area contributed by atoms with Crippen LogP contribution in [0.4, 0.5) is 0 Å². The summed E-state index contributed by atoms with van der Waals surface area (Å²) in [4.78, 5) is 58.5. The minimum Gasteiger partial charge on any atom is -0.463 e. The summed E-state index contributed by atoms with van der Waals surface area (Å²) in [6.07, 6.45) is 88.2. The molecule has 16 nitrogen and oxygen atoms in total. The van der Waals surface area contributed by atoms with Crippen LogP contribution in [-0.4, -0.2) is 95.9 Å². The van der Waals surface area contributed by atoms with E-state index in [0.29, 0.717) is 19.3 Å². The average Bonchev–Trinajstić information content (AvgIpc) is 3.63. The first kappa shape index (κ1) is 91.9. The number of aliphatic hydroxyl groups is 2. The van der Waals surface area contributed by atoms with Crippen LogP contribution in [0.25, 0.3) is 0 Å². The van der Waals surface area contributed by atoms with Crippen LogP contribution < -0.4 is 0 Å². The number of phosphoric ester groups is 2. The average molecular weight is 1400 g/mol. The highest BCUT2D eigenvalue weighted by Gasteiger charge is 2.29. The van der Waals surface area contributed by atoms with Crippen LogP contribution >= 0.6 is 15.6 Å². The lowest BCUT2D eigenvalue weighted by molar-refractivity contribution is -0.161. The van der Waals surface area contributed by atoms with Gasteiger partial charge in [-0.15, -0.1) is 0 Å². The number of esters is 3. The molecule has 5 atom stereocenters. The van der Waals surface area contributed by atoms with Crippen LogP contribution in [0, 0.1) is 0 Å². The van der Waals surface area contributed by atoms with Gasteiger partial charge in [-0.25, -0.2) is 9.13 Å². The molecule has 0 aromatic heterocycles. The largest absolute Gasteiger partial charge is 0.472 e. The monoisotopic (exact) mass is 1390 g/mol. The number of hydrogen-bond donors (Lipinski definition) is 4. The first-order valence-corrected chi connectivity index (χ1v) is 39.4. The van der Waals surface area contributed by atoms with Crippen LogP contribution in [0.2, 0.25) is 0 Å². The third kappa shape index (κ3) is 72.0. The smallest absolute Gasteiger partial charge is 0.463 e. The highest BCUT2D eigenvalue weighted by Crippen LogP contribution is 2.45. The quantitative estimate of drug-likeness (QED) is 0.0146. The highest BCUT2D eigenvalue weighted by molar-refractivity contribution is 7.47. The third-order valence-corrected chi connectivity index (χ3v) is 16.3. The maximum atomic E-state index is 13.0. The maximum Gasteiger partial charge on any atom is 0.472 e. The van der Waals surface area contributed by atoms with Gasteiger partial charge in [-0.05, 0) is 154 Å². The summed E-state index contributed by atoms with van der Waals surface area (Å²) in [5.74, 6) is -1.66. The second kappa shape index (κ2) is 70.8. The Kier molecular flexibility index (Phi) is 67.0. The maximum absolute atomic E-state index is 13.0. The number of ether oxygens (including phenoxy) is 3. The summed E-state index contributed by atoms with van der Waals surface area (Å²) in [6, 6.07) is 0. The summed E-state index contributed by atoms with van der Waals surface area (Å²) in [6.45, 7) is 2.31. The molecule has 0 rings (SSSR count). The van der Waals surface area contributed by atoms with Gasteiger partial charge in [0.25, 0.3) is 0 Å². The van der Waals surface area contributed by atoms with E-state index in [1.54, 1.807) is 0 Å². The van der Waals surface area contributed by atoms with Gasteiger partial charge in [0.05, 0.1) is 26.4 Å². The number of allylic oxidation sites excluding steroid dienone is 28. The molecule has 0 radical (unpaired) electrons. The van der Waals surface area contributed by atoms with Crippen molar-refractivity contribution in [1.82, 2.24) is 0 Å². The van der Waals surface area contributed by atoms with Crippen molar-refractivity contribution in [3.63, 3.8) is 0 Å². The molecule has 4 N–H and O–H groups in total. The van der Waals surface area contributed by atoms with E-state index in [9.17, 15) is 43.5 Å². The standard InChI is InChI=1S/C79H128O16P2/c1-4-7-10-13-16-19-22-25-28-31-33-35-36-38-40-42-44-47-50-53-56-59-62-65-77(82)89-68-74(80)69-91-96(85,86)92-70-75(81)71-93-97(87,88)94-73-76(95-79(84)67-64-61-58-55-52-49-46-41-30-27-24-21-18-15-12-9-6-3)72-90-78(83)66-63-60-57-54-51-48-45-43-39-37-34-32-29-26-23-20-17-14-11-8-5-2/h7,9-10,12,16-21,25-30,33-35,37-38,40,43-47,49,74-76,80-81H,4-6,8,11,13-15,22-24,31-32,36,39,41-42,48,50-73H2,1-3H3,(H,85,86)(H,87,88)/b10-7-,12-9-,19-16-,20-17-,21-18-,28-25-,29-26-,30-27-,35-33-,37-34-,40-38-,45-43-,47-44-,49-46-. The van der Waals surface area contributed by atoms with E-state index in [1.165, 1.54) is 25.7 Å². The minimum absolute atomic E-state index is 0.0648. The Balaban J connectivity index is 4.76. The van der Waals surface area contributed by atoms with Gasteiger partial charge in [-0.1, -0.05) is 249 Å². The Labute approximate surface area is 586 Å². The van der Waals surface area contributed by atoms with Crippen molar-refractivity contribution in [1.29, 1.82) is 0 Å². The number of carbonyl (C=O) groups is 3. The van der Waals surface area contributed by atoms with E-state index < -0.39 is 91.5 Å². The fourth-order valence-corrected chi connectivity index (χ4v) is 10.5. The molecule has 5 unspecified atom stereocenters. The second-order valence-electron chi connectivity index (χ2n) is 23.6. The molecule has 0 heterocycles. The molecule has 18 heteroatoms. The van der Waals surface area contributed by atoms with E-state index in [-0.39, 0.29) is 19.3 Å². The van der Waals surface area contributed by atoms with E-state index in [4.69, 9.17) is 32.3 Å². The molecule has 0 aliphatic carbocycles. The Morgan fingerprint density at radius 1 is 0.299 bits per heavy atom. The molecule has 0 aliphatic heterocycles. The van der Waals surface area contributed by atoms with Crippen LogP contribution in [0.3, 0.4) is 0 Å². The fraction of sp³-hybridized carbons (Fsp3) is 0.608. The van der Waals surface area contributed by atoms with Gasteiger partial charge in [0.2, 0.25) is 0 Å². The zero-order chi connectivity index (χ0) is 70.9. The summed E-state index contributed by atoms with van der Waals surface area (Å²) in [7, 11) is -9.82. The molecule has 0 spiro atoms. The van der Waals surface area contributed by atoms with E-state index in [0.717, 1.165) is 167 Å². The molecular weight excluding hydrogens is 1270 g/mol. The predicted molar refractivity (Wildman–Crippen MR) is 398 cm³/mol. The molecule has 0 fully saturated rings.